The number of halogens is 4. The van der Waals surface area contributed by atoms with Crippen molar-refractivity contribution in [3.05, 3.63) is 47.8 Å². The maximum absolute atomic E-state index is 12.5. The van der Waals surface area contributed by atoms with Crippen LogP contribution in [0.25, 0.3) is 11.4 Å². The summed E-state index contributed by atoms with van der Waals surface area (Å²) in [6.07, 6.45) is -2.64. The third-order valence-electron chi connectivity index (χ3n) is 3.42. The first kappa shape index (κ1) is 20.0. The molecule has 0 saturated heterocycles. The average Bonchev–Trinajstić information content (AvgIpc) is 3.02. The number of hydrogen-bond donors (Lipinski definition) is 0. The Morgan fingerprint density at radius 3 is 2.62 bits per heavy atom. The number of aromatic nitrogens is 2. The van der Waals surface area contributed by atoms with Crippen LogP contribution >= 0.6 is 11.6 Å². The van der Waals surface area contributed by atoms with Crippen molar-refractivity contribution >= 4 is 17.5 Å². The monoisotopic (exact) mass is 387 g/mol. The Kier molecular flexibility index (Phi) is 6.79. The second kappa shape index (κ2) is 8.84. The summed E-state index contributed by atoms with van der Waals surface area (Å²) in [7, 11) is 0. The number of carbonyl (C=O) groups is 1. The third-order valence-corrected chi connectivity index (χ3v) is 3.68. The van der Waals surface area contributed by atoms with E-state index in [0.29, 0.717) is 29.6 Å². The Morgan fingerprint density at radius 2 is 2.00 bits per heavy atom. The molecule has 0 atom stereocenters. The van der Waals surface area contributed by atoms with E-state index in [4.69, 9.17) is 16.1 Å². The zero-order valence-electron chi connectivity index (χ0n) is 13.8. The Bertz CT molecular complexity index is 744. The van der Waals surface area contributed by atoms with Crippen molar-refractivity contribution in [1.82, 2.24) is 15.0 Å². The molecule has 0 spiro atoms. The van der Waals surface area contributed by atoms with Gasteiger partial charge in [-0.25, -0.2) is 0 Å². The average molecular weight is 388 g/mol. The zero-order chi connectivity index (χ0) is 19.2. The topological polar surface area (TPSA) is 59.2 Å². The van der Waals surface area contributed by atoms with Gasteiger partial charge in [-0.3, -0.25) is 4.79 Å². The van der Waals surface area contributed by atoms with Crippen molar-refractivity contribution in [2.45, 2.75) is 25.4 Å². The lowest BCUT2D eigenvalue weighted by Crippen LogP contribution is -2.39. The van der Waals surface area contributed by atoms with Gasteiger partial charge < -0.3 is 9.42 Å². The number of alkyl halides is 3. The van der Waals surface area contributed by atoms with Gasteiger partial charge in [0, 0.05) is 30.0 Å². The largest absolute Gasteiger partial charge is 0.406 e. The molecule has 0 unspecified atom stereocenters. The van der Waals surface area contributed by atoms with Crippen LogP contribution in [-0.2, 0) is 11.2 Å². The number of benzene rings is 1. The summed E-state index contributed by atoms with van der Waals surface area (Å²) in [5, 5.41) is 4.42. The van der Waals surface area contributed by atoms with Gasteiger partial charge in [0.05, 0.1) is 0 Å². The first-order valence-corrected chi connectivity index (χ1v) is 8.20. The normalized spacial score (nSPS) is 11.4. The first-order valence-electron chi connectivity index (χ1n) is 7.82. The smallest absolute Gasteiger partial charge is 0.339 e. The van der Waals surface area contributed by atoms with Crippen LogP contribution in [0.3, 0.4) is 0 Å². The molecular weight excluding hydrogens is 371 g/mol. The third kappa shape index (κ3) is 6.18. The fourth-order valence-corrected chi connectivity index (χ4v) is 2.37. The molecule has 0 bridgehead atoms. The van der Waals surface area contributed by atoms with Crippen molar-refractivity contribution in [3.8, 4) is 11.4 Å². The van der Waals surface area contributed by atoms with Gasteiger partial charge in [0.15, 0.2) is 0 Å². The van der Waals surface area contributed by atoms with Crippen molar-refractivity contribution in [2.75, 3.05) is 13.1 Å². The van der Waals surface area contributed by atoms with Gasteiger partial charge >= 0.3 is 6.18 Å². The Hall–Kier alpha value is -2.35. The number of rotatable bonds is 8. The lowest BCUT2D eigenvalue weighted by Gasteiger charge is -2.22. The van der Waals surface area contributed by atoms with Crippen LogP contribution in [0, 0.1) is 0 Å². The predicted molar refractivity (Wildman–Crippen MR) is 90.5 cm³/mol. The fraction of sp³-hybridized carbons (Fsp3) is 0.353. The lowest BCUT2D eigenvalue weighted by molar-refractivity contribution is -0.160. The summed E-state index contributed by atoms with van der Waals surface area (Å²) < 4.78 is 42.6. The van der Waals surface area contributed by atoms with Crippen LogP contribution in [0.15, 0.2) is 41.4 Å². The minimum Gasteiger partial charge on any atom is -0.339 e. The summed E-state index contributed by atoms with van der Waals surface area (Å²) >= 11 is 5.81. The number of amides is 1. The number of carbonyl (C=O) groups excluding carboxylic acids is 1. The van der Waals surface area contributed by atoms with Crippen molar-refractivity contribution in [3.63, 3.8) is 0 Å². The molecule has 26 heavy (non-hydrogen) atoms. The van der Waals surface area contributed by atoms with Crippen molar-refractivity contribution < 1.29 is 22.5 Å². The van der Waals surface area contributed by atoms with Crippen molar-refractivity contribution in [2.24, 2.45) is 0 Å². The van der Waals surface area contributed by atoms with E-state index >= 15 is 0 Å². The summed E-state index contributed by atoms with van der Waals surface area (Å²) in [6, 6.07) is 6.87. The van der Waals surface area contributed by atoms with E-state index in [1.807, 2.05) is 0 Å². The van der Waals surface area contributed by atoms with Crippen LogP contribution in [0.2, 0.25) is 5.02 Å². The Labute approximate surface area is 153 Å². The molecule has 1 aromatic carbocycles. The summed E-state index contributed by atoms with van der Waals surface area (Å²) in [5.41, 5.74) is 0.725. The second-order valence-electron chi connectivity index (χ2n) is 5.55. The zero-order valence-corrected chi connectivity index (χ0v) is 14.6. The number of aryl methyl sites for hydroxylation is 1. The summed E-state index contributed by atoms with van der Waals surface area (Å²) in [5.74, 6) is 0.0989. The van der Waals surface area contributed by atoms with Gasteiger partial charge in [0.1, 0.15) is 6.54 Å². The van der Waals surface area contributed by atoms with E-state index in [1.54, 1.807) is 24.3 Å². The van der Waals surface area contributed by atoms with Gasteiger partial charge in [0.2, 0.25) is 17.6 Å². The maximum Gasteiger partial charge on any atom is 0.406 e. The van der Waals surface area contributed by atoms with Gasteiger partial charge in [-0.2, -0.15) is 18.2 Å². The molecule has 2 aromatic rings. The van der Waals surface area contributed by atoms with E-state index in [9.17, 15) is 18.0 Å². The molecule has 1 aromatic heterocycles. The molecule has 2 rings (SSSR count). The van der Waals surface area contributed by atoms with E-state index in [1.165, 1.54) is 6.08 Å². The molecule has 1 amide bonds. The highest BCUT2D eigenvalue weighted by Gasteiger charge is 2.32. The van der Waals surface area contributed by atoms with Gasteiger partial charge in [0.25, 0.3) is 0 Å². The summed E-state index contributed by atoms with van der Waals surface area (Å²) in [4.78, 5) is 16.9. The SMILES string of the molecule is C=CCN(CC(F)(F)F)C(=O)CCCc1nc(-c2ccc(Cl)cc2)no1. The highest BCUT2D eigenvalue weighted by molar-refractivity contribution is 6.30. The molecule has 1 heterocycles. The Balaban J connectivity index is 1.87. The van der Waals surface area contributed by atoms with Crippen LogP contribution < -0.4 is 0 Å². The molecule has 0 aliphatic heterocycles. The lowest BCUT2D eigenvalue weighted by atomic mass is 10.2. The highest BCUT2D eigenvalue weighted by atomic mass is 35.5. The quantitative estimate of drug-likeness (QED) is 0.634. The standard InChI is InChI=1S/C17H17ClF3N3O2/c1-2-10-24(11-17(19,20)21)15(25)5-3-4-14-22-16(23-26-14)12-6-8-13(18)9-7-12/h2,6-9H,1,3-5,10-11H2. The molecule has 0 N–H and O–H groups in total. The molecule has 140 valence electrons. The minimum atomic E-state index is -4.45. The molecule has 9 heteroatoms. The maximum atomic E-state index is 12.5. The molecule has 0 saturated carbocycles. The van der Waals surface area contributed by atoms with E-state index < -0.39 is 18.6 Å². The molecule has 0 aliphatic carbocycles. The molecule has 0 fully saturated rings. The predicted octanol–water partition coefficient (Wildman–Crippen LogP) is 4.29. The summed E-state index contributed by atoms with van der Waals surface area (Å²) in [6.45, 7) is 1.93. The minimum absolute atomic E-state index is 0.0530. The highest BCUT2D eigenvalue weighted by Crippen LogP contribution is 2.20. The van der Waals surface area contributed by atoms with E-state index in [0.717, 1.165) is 10.5 Å². The number of hydrogen-bond acceptors (Lipinski definition) is 4. The van der Waals surface area contributed by atoms with E-state index in [2.05, 4.69) is 16.7 Å². The molecule has 0 aliphatic rings. The van der Waals surface area contributed by atoms with Gasteiger partial charge in [-0.15, -0.1) is 6.58 Å². The Morgan fingerprint density at radius 1 is 1.31 bits per heavy atom. The van der Waals surface area contributed by atoms with Crippen LogP contribution in [0.5, 0.6) is 0 Å². The number of nitrogens with zero attached hydrogens (tertiary/aromatic N) is 3. The fourth-order valence-electron chi connectivity index (χ4n) is 2.25. The van der Waals surface area contributed by atoms with Crippen molar-refractivity contribution in [1.29, 1.82) is 0 Å². The van der Waals surface area contributed by atoms with Gasteiger partial charge in [-0.1, -0.05) is 22.8 Å². The molecular formula is C17H17ClF3N3O2. The second-order valence-corrected chi connectivity index (χ2v) is 5.99. The van der Waals surface area contributed by atoms with E-state index in [-0.39, 0.29) is 13.0 Å². The first-order chi connectivity index (χ1) is 12.3. The van der Waals surface area contributed by atoms with Crippen LogP contribution in [-0.4, -0.2) is 40.2 Å². The van der Waals surface area contributed by atoms with Gasteiger partial charge in [-0.05, 0) is 30.7 Å². The van der Waals surface area contributed by atoms with Crippen LogP contribution in [0.4, 0.5) is 13.2 Å². The molecule has 5 nitrogen and oxygen atoms in total. The van der Waals surface area contributed by atoms with Crippen LogP contribution in [0.1, 0.15) is 18.7 Å². The molecule has 0 radical (unpaired) electrons.